The molecular formula is C16H21F3O2. The number of epoxide rings is 1. The van der Waals surface area contributed by atoms with Gasteiger partial charge in [-0.25, -0.2) is 0 Å². The Morgan fingerprint density at radius 3 is 2.43 bits per heavy atom. The van der Waals surface area contributed by atoms with Gasteiger partial charge in [0.1, 0.15) is 5.75 Å². The monoisotopic (exact) mass is 302 g/mol. The van der Waals surface area contributed by atoms with Crippen molar-refractivity contribution < 1.29 is 22.6 Å². The van der Waals surface area contributed by atoms with E-state index < -0.39 is 11.7 Å². The van der Waals surface area contributed by atoms with Crippen LogP contribution in [0.1, 0.15) is 50.2 Å². The van der Waals surface area contributed by atoms with Gasteiger partial charge in [-0.1, -0.05) is 13.8 Å². The predicted octanol–water partition coefficient (Wildman–Crippen LogP) is 4.78. The summed E-state index contributed by atoms with van der Waals surface area (Å²) < 4.78 is 49.5. The Balaban J connectivity index is 2.25. The van der Waals surface area contributed by atoms with Gasteiger partial charge in [0.25, 0.3) is 0 Å². The van der Waals surface area contributed by atoms with Crippen molar-refractivity contribution in [2.45, 2.75) is 57.4 Å². The van der Waals surface area contributed by atoms with Crippen LogP contribution >= 0.6 is 0 Å². The van der Waals surface area contributed by atoms with Crippen molar-refractivity contribution in [1.29, 1.82) is 0 Å². The second-order valence-electron chi connectivity index (χ2n) is 5.42. The molecule has 2 rings (SSSR count). The lowest BCUT2D eigenvalue weighted by molar-refractivity contribution is -0.137. The number of ether oxygens (including phenoxy) is 2. The van der Waals surface area contributed by atoms with Crippen LogP contribution in [0.3, 0.4) is 0 Å². The number of rotatable bonds is 6. The highest BCUT2D eigenvalue weighted by atomic mass is 19.4. The molecule has 0 radical (unpaired) electrons. The van der Waals surface area contributed by atoms with Crippen LogP contribution in [-0.2, 0) is 10.9 Å². The van der Waals surface area contributed by atoms with Gasteiger partial charge in [-0.05, 0) is 48.9 Å². The molecule has 3 atom stereocenters. The molecule has 1 aromatic carbocycles. The van der Waals surface area contributed by atoms with E-state index in [0.29, 0.717) is 11.3 Å². The Morgan fingerprint density at radius 1 is 1.24 bits per heavy atom. The zero-order valence-corrected chi connectivity index (χ0v) is 12.5. The quantitative estimate of drug-likeness (QED) is 0.706. The second kappa shape index (κ2) is 6.26. The van der Waals surface area contributed by atoms with Crippen molar-refractivity contribution >= 4 is 0 Å². The van der Waals surface area contributed by atoms with Gasteiger partial charge in [-0.2, -0.15) is 13.2 Å². The van der Waals surface area contributed by atoms with Gasteiger partial charge in [-0.15, -0.1) is 0 Å². The second-order valence-corrected chi connectivity index (χ2v) is 5.42. The normalized spacial score (nSPS) is 23.0. The summed E-state index contributed by atoms with van der Waals surface area (Å²) in [6, 6.07) is 3.69. The summed E-state index contributed by atoms with van der Waals surface area (Å²) in [4.78, 5) is 0. The predicted molar refractivity (Wildman–Crippen MR) is 74.6 cm³/mol. The van der Waals surface area contributed by atoms with Gasteiger partial charge in [0.05, 0.1) is 24.9 Å². The molecule has 1 aromatic rings. The molecule has 0 aromatic heterocycles. The SMILES string of the molecule is CCC(CC1OC1CC)c1cc(C(F)(F)F)ccc1OC. The molecule has 1 aliphatic heterocycles. The zero-order valence-electron chi connectivity index (χ0n) is 12.5. The largest absolute Gasteiger partial charge is 0.496 e. The number of benzene rings is 1. The summed E-state index contributed by atoms with van der Waals surface area (Å²) in [7, 11) is 1.49. The van der Waals surface area contributed by atoms with E-state index >= 15 is 0 Å². The van der Waals surface area contributed by atoms with Gasteiger partial charge in [0, 0.05) is 0 Å². The molecule has 1 aliphatic rings. The fourth-order valence-electron chi connectivity index (χ4n) is 2.77. The third-order valence-corrected chi connectivity index (χ3v) is 4.10. The van der Waals surface area contributed by atoms with Crippen molar-refractivity contribution in [1.82, 2.24) is 0 Å². The first-order valence-corrected chi connectivity index (χ1v) is 7.31. The summed E-state index contributed by atoms with van der Waals surface area (Å²) in [6.45, 7) is 4.03. The van der Waals surface area contributed by atoms with Crippen LogP contribution in [0.5, 0.6) is 5.75 Å². The van der Waals surface area contributed by atoms with Crippen LogP contribution in [0, 0.1) is 0 Å². The molecule has 118 valence electrons. The van der Waals surface area contributed by atoms with Crippen LogP contribution in [-0.4, -0.2) is 19.3 Å². The fraction of sp³-hybridized carbons (Fsp3) is 0.625. The van der Waals surface area contributed by atoms with E-state index in [2.05, 4.69) is 6.92 Å². The first-order valence-electron chi connectivity index (χ1n) is 7.31. The molecule has 0 bridgehead atoms. The van der Waals surface area contributed by atoms with E-state index in [4.69, 9.17) is 9.47 Å². The van der Waals surface area contributed by atoms with E-state index in [-0.39, 0.29) is 18.1 Å². The first-order chi connectivity index (χ1) is 9.90. The van der Waals surface area contributed by atoms with Gasteiger partial charge < -0.3 is 9.47 Å². The molecule has 0 spiro atoms. The van der Waals surface area contributed by atoms with Crippen molar-refractivity contribution in [3.8, 4) is 5.75 Å². The smallest absolute Gasteiger partial charge is 0.416 e. The highest BCUT2D eigenvalue weighted by Crippen LogP contribution is 2.41. The molecule has 0 saturated carbocycles. The van der Waals surface area contributed by atoms with E-state index in [1.165, 1.54) is 19.2 Å². The first kappa shape index (κ1) is 16.1. The van der Waals surface area contributed by atoms with Crippen molar-refractivity contribution in [2.24, 2.45) is 0 Å². The molecular weight excluding hydrogens is 281 g/mol. The summed E-state index contributed by atoms with van der Waals surface area (Å²) in [5.41, 5.74) is 0.000634. The van der Waals surface area contributed by atoms with Gasteiger partial charge in [-0.3, -0.25) is 0 Å². The molecule has 0 aliphatic carbocycles. The third kappa shape index (κ3) is 3.70. The average molecular weight is 302 g/mol. The van der Waals surface area contributed by atoms with Crippen LogP contribution in [0.2, 0.25) is 0 Å². The van der Waals surface area contributed by atoms with Gasteiger partial charge >= 0.3 is 6.18 Å². The molecule has 0 N–H and O–H groups in total. The van der Waals surface area contributed by atoms with E-state index in [0.717, 1.165) is 25.3 Å². The number of methoxy groups -OCH3 is 1. The number of halogens is 3. The summed E-state index contributed by atoms with van der Waals surface area (Å²) in [6.07, 6.45) is -1.46. The minimum Gasteiger partial charge on any atom is -0.496 e. The summed E-state index contributed by atoms with van der Waals surface area (Å²) in [5.74, 6) is 0.535. The van der Waals surface area contributed by atoms with E-state index in [9.17, 15) is 13.2 Å². The van der Waals surface area contributed by atoms with E-state index in [1.807, 2.05) is 6.92 Å². The molecule has 21 heavy (non-hydrogen) atoms. The van der Waals surface area contributed by atoms with Crippen molar-refractivity contribution in [3.63, 3.8) is 0 Å². The molecule has 0 amide bonds. The third-order valence-electron chi connectivity index (χ3n) is 4.10. The Kier molecular flexibility index (Phi) is 4.81. The number of hydrogen-bond donors (Lipinski definition) is 0. The van der Waals surface area contributed by atoms with E-state index in [1.54, 1.807) is 0 Å². The van der Waals surface area contributed by atoms with Crippen molar-refractivity contribution in [3.05, 3.63) is 29.3 Å². The summed E-state index contributed by atoms with van der Waals surface area (Å²) >= 11 is 0. The van der Waals surface area contributed by atoms with Crippen molar-refractivity contribution in [2.75, 3.05) is 7.11 Å². The van der Waals surface area contributed by atoms with Crippen LogP contribution in [0.25, 0.3) is 0 Å². The number of alkyl halides is 3. The zero-order chi connectivity index (χ0) is 15.6. The maximum absolute atomic E-state index is 12.9. The summed E-state index contributed by atoms with van der Waals surface area (Å²) in [5, 5.41) is 0. The van der Waals surface area contributed by atoms with Gasteiger partial charge in [0.2, 0.25) is 0 Å². The lowest BCUT2D eigenvalue weighted by atomic mass is 9.89. The Hall–Kier alpha value is -1.23. The minimum absolute atomic E-state index is 0.0174. The topological polar surface area (TPSA) is 21.8 Å². The Labute approximate surface area is 123 Å². The molecule has 1 fully saturated rings. The maximum atomic E-state index is 12.9. The highest BCUT2D eigenvalue weighted by Gasteiger charge is 2.39. The van der Waals surface area contributed by atoms with Crippen LogP contribution in [0.15, 0.2) is 18.2 Å². The molecule has 5 heteroatoms. The minimum atomic E-state index is -4.33. The lowest BCUT2D eigenvalue weighted by Gasteiger charge is -2.19. The Bertz CT molecular complexity index is 485. The fourth-order valence-corrected chi connectivity index (χ4v) is 2.77. The molecule has 1 saturated heterocycles. The lowest BCUT2D eigenvalue weighted by Crippen LogP contribution is -2.10. The average Bonchev–Trinajstić information content (AvgIpc) is 3.21. The van der Waals surface area contributed by atoms with Crippen LogP contribution in [0.4, 0.5) is 13.2 Å². The molecule has 3 unspecified atom stereocenters. The standard InChI is InChI=1S/C16H21F3O2/c1-4-10(8-15-13(5-2)21-15)12-9-11(16(17,18)19)6-7-14(12)20-3/h6-7,9-10,13,15H,4-5,8H2,1-3H3. The number of hydrogen-bond acceptors (Lipinski definition) is 2. The van der Waals surface area contributed by atoms with Crippen LogP contribution < -0.4 is 4.74 Å². The van der Waals surface area contributed by atoms with Gasteiger partial charge in [0.15, 0.2) is 0 Å². The maximum Gasteiger partial charge on any atom is 0.416 e. The molecule has 1 heterocycles. The molecule has 2 nitrogen and oxygen atoms in total. The Morgan fingerprint density at radius 2 is 1.95 bits per heavy atom. The highest BCUT2D eigenvalue weighted by molar-refractivity contribution is 5.41.